The molecule has 2 fully saturated rings. The minimum atomic E-state index is -0.610. The van der Waals surface area contributed by atoms with Gasteiger partial charge in [-0.15, -0.1) is 0 Å². The summed E-state index contributed by atoms with van der Waals surface area (Å²) in [6, 6.07) is 1.14. The number of ketones is 2. The Balaban J connectivity index is 1.48. The maximum absolute atomic E-state index is 13.7. The van der Waals surface area contributed by atoms with Crippen molar-refractivity contribution in [2.45, 2.75) is 59.2 Å². The number of aliphatic imine (C=N–C) groups is 1. The van der Waals surface area contributed by atoms with Crippen molar-refractivity contribution >= 4 is 34.1 Å². The van der Waals surface area contributed by atoms with E-state index in [2.05, 4.69) is 38.5 Å². The second-order valence-corrected chi connectivity index (χ2v) is 10.1. The normalized spacial score (nSPS) is 22.6. The van der Waals surface area contributed by atoms with E-state index >= 15 is 0 Å². The molecule has 10 nitrogen and oxygen atoms in total. The lowest BCUT2D eigenvalue weighted by atomic mass is 9.97. The molecule has 3 aromatic rings. The molecule has 1 saturated heterocycles. The van der Waals surface area contributed by atoms with Crippen LogP contribution in [0.15, 0.2) is 54.6 Å². The highest BCUT2D eigenvalue weighted by Gasteiger charge is 2.64. The number of likely N-dealkylation sites (tertiary alicyclic amines) is 1. The summed E-state index contributed by atoms with van der Waals surface area (Å²) >= 11 is 0. The fraction of sp³-hybridized carbons (Fsp3) is 0.357. The smallest absolute Gasteiger partial charge is 0.245 e. The molecule has 3 atom stereocenters. The molecule has 38 heavy (non-hydrogen) atoms. The topological polar surface area (TPSA) is 123 Å². The average Bonchev–Trinajstić information content (AvgIpc) is 3.25. The summed E-state index contributed by atoms with van der Waals surface area (Å²) in [5.74, 6) is -0.0153. The van der Waals surface area contributed by atoms with Crippen LogP contribution < -0.4 is 0 Å². The van der Waals surface area contributed by atoms with Crippen LogP contribution >= 0.6 is 0 Å². The third-order valence-corrected chi connectivity index (χ3v) is 7.37. The second-order valence-electron chi connectivity index (χ2n) is 10.1. The average molecular weight is 512 g/mol. The summed E-state index contributed by atoms with van der Waals surface area (Å²) in [6.45, 7) is 10.6. The second kappa shape index (κ2) is 9.51. The fourth-order valence-corrected chi connectivity index (χ4v) is 5.32. The molecule has 0 N–H and O–H groups in total. The lowest BCUT2D eigenvalue weighted by molar-refractivity contribution is -0.137. The van der Waals surface area contributed by atoms with Gasteiger partial charge in [-0.25, -0.2) is 9.97 Å². The van der Waals surface area contributed by atoms with Crippen molar-refractivity contribution in [3.05, 3.63) is 61.1 Å². The largest absolute Gasteiger partial charge is 0.327 e. The molecular formula is C28H29N7O3. The Morgan fingerprint density at radius 3 is 2.58 bits per heavy atom. The SMILES string of the molecule is C=CN=C(/C=C\C)C(=O)C1CC2(C)CC2N1C(=O)Cn1nc(C(C)=O)c2cc(-c3cnc(C)nc3)ncc21. The van der Waals surface area contributed by atoms with E-state index < -0.39 is 6.04 Å². The number of pyridine rings is 1. The molecule has 0 aromatic carbocycles. The van der Waals surface area contributed by atoms with E-state index in [-0.39, 0.29) is 46.9 Å². The number of carbonyl (C=O) groups is 3. The van der Waals surface area contributed by atoms with Crippen molar-refractivity contribution < 1.29 is 14.4 Å². The van der Waals surface area contributed by atoms with E-state index in [0.717, 1.165) is 6.42 Å². The summed E-state index contributed by atoms with van der Waals surface area (Å²) < 4.78 is 1.50. The van der Waals surface area contributed by atoms with Gasteiger partial charge in [-0.05, 0) is 44.2 Å². The van der Waals surface area contributed by atoms with Gasteiger partial charge in [-0.3, -0.25) is 29.0 Å². The highest BCUT2D eigenvalue weighted by molar-refractivity contribution is 6.46. The minimum Gasteiger partial charge on any atom is -0.327 e. The zero-order valence-corrected chi connectivity index (χ0v) is 21.9. The maximum atomic E-state index is 13.7. The number of hydrogen-bond acceptors (Lipinski definition) is 8. The molecule has 1 aliphatic carbocycles. The molecule has 4 heterocycles. The highest BCUT2D eigenvalue weighted by Crippen LogP contribution is 2.59. The van der Waals surface area contributed by atoms with Crippen molar-refractivity contribution in [1.29, 1.82) is 0 Å². The van der Waals surface area contributed by atoms with Gasteiger partial charge in [0, 0.05) is 42.5 Å². The number of nitrogens with zero attached hydrogens (tertiary/aromatic N) is 7. The van der Waals surface area contributed by atoms with Crippen LogP contribution in [0.2, 0.25) is 0 Å². The van der Waals surface area contributed by atoms with Gasteiger partial charge in [-0.1, -0.05) is 19.6 Å². The van der Waals surface area contributed by atoms with Crippen LogP contribution in [0.25, 0.3) is 22.2 Å². The quantitative estimate of drug-likeness (QED) is 0.335. The zero-order valence-electron chi connectivity index (χ0n) is 21.9. The van der Waals surface area contributed by atoms with Crippen LogP contribution in [0.1, 0.15) is 49.9 Å². The Hall–Kier alpha value is -4.34. The van der Waals surface area contributed by atoms with Gasteiger partial charge >= 0.3 is 0 Å². The van der Waals surface area contributed by atoms with Crippen molar-refractivity contribution in [1.82, 2.24) is 29.6 Å². The van der Waals surface area contributed by atoms with Gasteiger partial charge in [-0.2, -0.15) is 5.10 Å². The van der Waals surface area contributed by atoms with Crippen LogP contribution in [0.5, 0.6) is 0 Å². The first-order chi connectivity index (χ1) is 18.2. The van der Waals surface area contributed by atoms with Crippen molar-refractivity contribution in [3.8, 4) is 11.3 Å². The van der Waals surface area contributed by atoms with Crippen LogP contribution in [0, 0.1) is 12.3 Å². The molecular weight excluding hydrogens is 482 g/mol. The zero-order chi connectivity index (χ0) is 27.2. The summed E-state index contributed by atoms with van der Waals surface area (Å²) in [7, 11) is 0. The Morgan fingerprint density at radius 1 is 1.18 bits per heavy atom. The first kappa shape index (κ1) is 25.3. The molecule has 194 valence electrons. The maximum Gasteiger partial charge on any atom is 0.245 e. The van der Waals surface area contributed by atoms with E-state index in [9.17, 15) is 14.4 Å². The molecule has 0 radical (unpaired) electrons. The standard InChI is InChI=1S/C28H29N7O3/c1-6-8-20(29-7-2)27(38)22-10-28(5)11-24(28)35(22)25(37)15-34-23-14-32-21(18-12-30-17(4)31-13-18)9-19(23)26(33-34)16(3)36/h6-9,12-14,22,24H,2,10-11,15H2,1,3-5H3/b8-6-,29-20?. The molecule has 5 rings (SSSR count). The monoisotopic (exact) mass is 511 g/mol. The summed E-state index contributed by atoms with van der Waals surface area (Å²) in [6.07, 6.45) is 11.1. The lowest BCUT2D eigenvalue weighted by Gasteiger charge is -2.26. The Bertz CT molecular complexity index is 1540. The van der Waals surface area contributed by atoms with E-state index in [0.29, 0.717) is 34.4 Å². The lowest BCUT2D eigenvalue weighted by Crippen LogP contribution is -2.46. The summed E-state index contributed by atoms with van der Waals surface area (Å²) in [5, 5.41) is 5.08. The van der Waals surface area contributed by atoms with E-state index in [1.807, 2.05) is 6.92 Å². The first-order valence-corrected chi connectivity index (χ1v) is 12.5. The van der Waals surface area contributed by atoms with Crippen LogP contribution in [0.4, 0.5) is 0 Å². The third-order valence-electron chi connectivity index (χ3n) is 7.37. The number of fused-ring (bicyclic) bond motifs is 2. The number of Topliss-reactive ketones (excluding diaryl/α,β-unsaturated/α-hetero) is 2. The van der Waals surface area contributed by atoms with Gasteiger partial charge in [0.15, 0.2) is 5.78 Å². The number of amides is 1. The van der Waals surface area contributed by atoms with E-state index in [1.54, 1.807) is 48.6 Å². The van der Waals surface area contributed by atoms with Crippen molar-refractivity contribution in [2.75, 3.05) is 0 Å². The number of aromatic nitrogens is 5. The third kappa shape index (κ3) is 4.36. The molecule has 1 saturated carbocycles. The Morgan fingerprint density at radius 2 is 1.92 bits per heavy atom. The minimum absolute atomic E-state index is 0.0140. The Labute approximate surface area is 220 Å². The van der Waals surface area contributed by atoms with Gasteiger partial charge in [0.2, 0.25) is 11.7 Å². The molecule has 2 aliphatic rings. The predicted octanol–water partition coefficient (Wildman–Crippen LogP) is 3.51. The molecule has 3 unspecified atom stereocenters. The van der Waals surface area contributed by atoms with Gasteiger partial charge in [0.25, 0.3) is 0 Å². The van der Waals surface area contributed by atoms with Crippen molar-refractivity contribution in [3.63, 3.8) is 0 Å². The van der Waals surface area contributed by atoms with E-state index in [4.69, 9.17) is 0 Å². The van der Waals surface area contributed by atoms with Crippen LogP contribution in [0.3, 0.4) is 0 Å². The molecule has 1 aliphatic heterocycles. The molecule has 0 spiro atoms. The Kier molecular flexibility index (Phi) is 6.34. The summed E-state index contributed by atoms with van der Waals surface area (Å²) in [5.41, 5.74) is 2.31. The number of carbonyl (C=O) groups excluding carboxylic acids is 3. The highest BCUT2D eigenvalue weighted by atomic mass is 16.2. The van der Waals surface area contributed by atoms with Crippen LogP contribution in [-0.4, -0.2) is 64.9 Å². The first-order valence-electron chi connectivity index (χ1n) is 12.5. The number of allylic oxidation sites excluding steroid dienone is 2. The number of aryl methyl sites for hydroxylation is 1. The van der Waals surface area contributed by atoms with Gasteiger partial charge in [0.05, 0.1) is 23.4 Å². The number of rotatable bonds is 8. The number of hydrogen-bond donors (Lipinski definition) is 0. The predicted molar refractivity (Wildman–Crippen MR) is 143 cm³/mol. The van der Waals surface area contributed by atoms with Crippen LogP contribution in [-0.2, 0) is 16.1 Å². The molecule has 3 aromatic heterocycles. The summed E-state index contributed by atoms with van der Waals surface area (Å²) in [4.78, 5) is 58.3. The molecule has 0 bridgehead atoms. The van der Waals surface area contributed by atoms with E-state index in [1.165, 1.54) is 17.8 Å². The fourth-order valence-electron chi connectivity index (χ4n) is 5.32. The number of piperidine rings is 1. The molecule has 10 heteroatoms. The van der Waals surface area contributed by atoms with Gasteiger partial charge in [0.1, 0.15) is 23.8 Å². The van der Waals surface area contributed by atoms with Gasteiger partial charge < -0.3 is 4.90 Å². The van der Waals surface area contributed by atoms with Crippen molar-refractivity contribution in [2.24, 2.45) is 10.4 Å². The molecule has 1 amide bonds.